The molecule has 22 heavy (non-hydrogen) atoms. The number of nitrogens with one attached hydrogen (secondary N) is 2. The summed E-state index contributed by atoms with van der Waals surface area (Å²) in [4.78, 5) is 17.7. The number of amides is 1. The highest BCUT2D eigenvalue weighted by atomic mass is 19.1. The van der Waals surface area contributed by atoms with Gasteiger partial charge in [0.2, 0.25) is 5.91 Å². The van der Waals surface area contributed by atoms with Gasteiger partial charge in [0.1, 0.15) is 5.82 Å². The number of likely N-dealkylation sites (tertiary alicyclic amines) is 1. The molecule has 5 nitrogen and oxygen atoms in total. The number of guanidine groups is 1. The SMILES string of the molecule is CCC(=O)N1CCC(NC(=NC)NCc2cccc(F)c2)C1. The van der Waals surface area contributed by atoms with Crippen molar-refractivity contribution in [2.24, 2.45) is 4.99 Å². The molecule has 1 aliphatic heterocycles. The lowest BCUT2D eigenvalue weighted by atomic mass is 10.2. The van der Waals surface area contributed by atoms with Gasteiger partial charge in [-0.2, -0.15) is 0 Å². The lowest BCUT2D eigenvalue weighted by molar-refractivity contribution is -0.129. The monoisotopic (exact) mass is 306 g/mol. The van der Waals surface area contributed by atoms with Crippen LogP contribution in [0, 0.1) is 5.82 Å². The number of rotatable bonds is 4. The molecule has 0 saturated carbocycles. The van der Waals surface area contributed by atoms with Crippen molar-refractivity contribution in [3.63, 3.8) is 0 Å². The van der Waals surface area contributed by atoms with E-state index in [-0.39, 0.29) is 17.8 Å². The fraction of sp³-hybridized carbons (Fsp3) is 0.500. The molecule has 1 atom stereocenters. The van der Waals surface area contributed by atoms with E-state index in [0.29, 0.717) is 25.5 Å². The third-order valence-corrected chi connectivity index (χ3v) is 3.76. The zero-order chi connectivity index (χ0) is 15.9. The van der Waals surface area contributed by atoms with Gasteiger partial charge in [-0.05, 0) is 24.1 Å². The summed E-state index contributed by atoms with van der Waals surface area (Å²) in [5.41, 5.74) is 0.858. The first-order chi connectivity index (χ1) is 10.6. The topological polar surface area (TPSA) is 56.7 Å². The van der Waals surface area contributed by atoms with Gasteiger partial charge in [0, 0.05) is 39.1 Å². The second-order valence-corrected chi connectivity index (χ2v) is 5.38. The summed E-state index contributed by atoms with van der Waals surface area (Å²) in [6.45, 7) is 3.86. The van der Waals surface area contributed by atoms with Gasteiger partial charge >= 0.3 is 0 Å². The summed E-state index contributed by atoms with van der Waals surface area (Å²) in [6, 6.07) is 6.68. The summed E-state index contributed by atoms with van der Waals surface area (Å²) in [7, 11) is 1.70. The van der Waals surface area contributed by atoms with Crippen LogP contribution in [-0.4, -0.2) is 42.9 Å². The van der Waals surface area contributed by atoms with E-state index in [9.17, 15) is 9.18 Å². The maximum absolute atomic E-state index is 13.1. The summed E-state index contributed by atoms with van der Waals surface area (Å²) < 4.78 is 13.1. The Labute approximate surface area is 130 Å². The van der Waals surface area contributed by atoms with Crippen molar-refractivity contribution in [3.8, 4) is 0 Å². The molecule has 120 valence electrons. The third kappa shape index (κ3) is 4.44. The Morgan fingerprint density at radius 3 is 3.00 bits per heavy atom. The van der Waals surface area contributed by atoms with E-state index in [2.05, 4.69) is 15.6 Å². The van der Waals surface area contributed by atoms with E-state index >= 15 is 0 Å². The van der Waals surface area contributed by atoms with Crippen LogP contribution in [0.1, 0.15) is 25.3 Å². The Morgan fingerprint density at radius 2 is 2.32 bits per heavy atom. The van der Waals surface area contributed by atoms with Crippen LogP contribution in [-0.2, 0) is 11.3 Å². The highest BCUT2D eigenvalue weighted by Crippen LogP contribution is 2.10. The molecule has 1 saturated heterocycles. The molecule has 2 N–H and O–H groups in total. The highest BCUT2D eigenvalue weighted by Gasteiger charge is 2.25. The average Bonchev–Trinajstić information content (AvgIpc) is 2.99. The first-order valence-electron chi connectivity index (χ1n) is 7.61. The zero-order valence-corrected chi connectivity index (χ0v) is 13.1. The molecule has 1 fully saturated rings. The molecule has 6 heteroatoms. The molecule has 2 rings (SSSR count). The third-order valence-electron chi connectivity index (χ3n) is 3.76. The van der Waals surface area contributed by atoms with E-state index in [1.54, 1.807) is 13.1 Å². The number of hydrogen-bond acceptors (Lipinski definition) is 2. The van der Waals surface area contributed by atoms with Gasteiger partial charge in [0.15, 0.2) is 5.96 Å². The maximum atomic E-state index is 13.1. The normalized spacial score (nSPS) is 18.4. The van der Waals surface area contributed by atoms with Crippen LogP contribution < -0.4 is 10.6 Å². The molecular formula is C16H23FN4O. The maximum Gasteiger partial charge on any atom is 0.222 e. The summed E-state index contributed by atoms with van der Waals surface area (Å²) in [6.07, 6.45) is 1.45. The van der Waals surface area contributed by atoms with Crippen LogP contribution in [0.4, 0.5) is 4.39 Å². The van der Waals surface area contributed by atoms with Crippen molar-refractivity contribution < 1.29 is 9.18 Å². The van der Waals surface area contributed by atoms with Gasteiger partial charge in [0.25, 0.3) is 0 Å². The molecule has 0 spiro atoms. The number of aliphatic imine (C=N–C) groups is 1. The Hall–Kier alpha value is -2.11. The molecule has 1 unspecified atom stereocenters. The Balaban J connectivity index is 1.82. The molecular weight excluding hydrogens is 283 g/mol. The van der Waals surface area contributed by atoms with Gasteiger partial charge in [-0.15, -0.1) is 0 Å². The number of carbonyl (C=O) groups excluding carboxylic acids is 1. The van der Waals surface area contributed by atoms with Gasteiger partial charge in [-0.3, -0.25) is 9.79 Å². The second kappa shape index (κ2) is 7.77. The molecule has 1 aromatic carbocycles. The van der Waals surface area contributed by atoms with Crippen molar-refractivity contribution in [3.05, 3.63) is 35.6 Å². The van der Waals surface area contributed by atoms with E-state index < -0.39 is 0 Å². The van der Waals surface area contributed by atoms with Gasteiger partial charge in [-0.25, -0.2) is 4.39 Å². The van der Waals surface area contributed by atoms with Crippen LogP contribution in [0.5, 0.6) is 0 Å². The predicted molar refractivity (Wildman–Crippen MR) is 85.0 cm³/mol. The summed E-state index contributed by atoms with van der Waals surface area (Å²) >= 11 is 0. The number of halogens is 1. The van der Waals surface area contributed by atoms with Gasteiger partial charge in [0.05, 0.1) is 0 Å². The molecule has 1 amide bonds. The molecule has 1 aliphatic rings. The van der Waals surface area contributed by atoms with Crippen LogP contribution in [0.15, 0.2) is 29.3 Å². The molecule has 1 heterocycles. The fourth-order valence-electron chi connectivity index (χ4n) is 2.55. The first-order valence-corrected chi connectivity index (χ1v) is 7.61. The highest BCUT2D eigenvalue weighted by molar-refractivity contribution is 5.80. The fourth-order valence-corrected chi connectivity index (χ4v) is 2.55. The van der Waals surface area contributed by atoms with Crippen molar-refractivity contribution in [1.82, 2.24) is 15.5 Å². The largest absolute Gasteiger partial charge is 0.352 e. The van der Waals surface area contributed by atoms with Gasteiger partial charge in [-0.1, -0.05) is 19.1 Å². The standard InChI is InChI=1S/C16H23FN4O/c1-3-15(22)21-8-7-14(11-21)20-16(18-2)19-10-12-5-4-6-13(17)9-12/h4-6,9,14H,3,7-8,10-11H2,1-2H3,(H2,18,19,20). The number of hydrogen-bond donors (Lipinski definition) is 2. The minimum atomic E-state index is -0.244. The van der Waals surface area contributed by atoms with Crippen LogP contribution >= 0.6 is 0 Å². The van der Waals surface area contributed by atoms with E-state index in [1.165, 1.54) is 12.1 Å². The van der Waals surface area contributed by atoms with Gasteiger partial charge < -0.3 is 15.5 Å². The van der Waals surface area contributed by atoms with Crippen molar-refractivity contribution in [2.45, 2.75) is 32.4 Å². The molecule has 0 aromatic heterocycles. The van der Waals surface area contributed by atoms with E-state index in [4.69, 9.17) is 0 Å². The lowest BCUT2D eigenvalue weighted by Gasteiger charge is -2.18. The zero-order valence-electron chi connectivity index (χ0n) is 13.1. The smallest absolute Gasteiger partial charge is 0.222 e. The summed E-state index contributed by atoms with van der Waals surface area (Å²) in [5.74, 6) is 0.610. The quantitative estimate of drug-likeness (QED) is 0.655. The van der Waals surface area contributed by atoms with Crippen molar-refractivity contribution in [2.75, 3.05) is 20.1 Å². The van der Waals surface area contributed by atoms with Crippen molar-refractivity contribution >= 4 is 11.9 Å². The van der Waals surface area contributed by atoms with E-state index in [0.717, 1.165) is 18.5 Å². The Morgan fingerprint density at radius 1 is 1.50 bits per heavy atom. The molecule has 0 bridgehead atoms. The number of nitrogens with zero attached hydrogens (tertiary/aromatic N) is 2. The molecule has 0 radical (unpaired) electrons. The molecule has 0 aliphatic carbocycles. The lowest BCUT2D eigenvalue weighted by Crippen LogP contribution is -2.44. The first kappa shape index (κ1) is 16.3. The minimum Gasteiger partial charge on any atom is -0.352 e. The van der Waals surface area contributed by atoms with Crippen molar-refractivity contribution in [1.29, 1.82) is 0 Å². The Bertz CT molecular complexity index is 547. The van der Waals surface area contributed by atoms with Crippen LogP contribution in [0.3, 0.4) is 0 Å². The average molecular weight is 306 g/mol. The summed E-state index contributed by atoms with van der Waals surface area (Å²) in [5, 5.41) is 6.48. The minimum absolute atomic E-state index is 0.187. The predicted octanol–water partition coefficient (Wildman–Crippen LogP) is 1.50. The molecule has 1 aromatic rings. The van der Waals surface area contributed by atoms with E-state index in [1.807, 2.05) is 17.9 Å². The Kier molecular flexibility index (Phi) is 5.75. The second-order valence-electron chi connectivity index (χ2n) is 5.38. The van der Waals surface area contributed by atoms with Crippen LogP contribution in [0.25, 0.3) is 0 Å². The van der Waals surface area contributed by atoms with Crippen LogP contribution in [0.2, 0.25) is 0 Å². The number of carbonyl (C=O) groups is 1. The number of benzene rings is 1.